The highest BCUT2D eigenvalue weighted by molar-refractivity contribution is 9.10. The van der Waals surface area contributed by atoms with Gasteiger partial charge < -0.3 is 25.0 Å². The van der Waals surface area contributed by atoms with Crippen molar-refractivity contribution in [3.63, 3.8) is 0 Å². The number of hydrogen-bond donors (Lipinski definition) is 3. The molecule has 2 aliphatic rings. The molecule has 3 N–H and O–H groups in total. The number of likely N-dealkylation sites (N-methyl/N-ethyl adjacent to an activating group) is 1. The smallest absolute Gasteiger partial charge is 0.252 e. The molecule has 1 aromatic carbocycles. The van der Waals surface area contributed by atoms with Crippen molar-refractivity contribution in [2.75, 3.05) is 46.4 Å². The lowest BCUT2D eigenvalue weighted by molar-refractivity contribution is 0.0857. The predicted molar refractivity (Wildman–Crippen MR) is 138 cm³/mol. The number of H-pyrrole nitrogens is 1. The van der Waals surface area contributed by atoms with Crippen molar-refractivity contribution in [1.29, 1.82) is 0 Å². The van der Waals surface area contributed by atoms with E-state index in [0.29, 0.717) is 71.5 Å². The third-order valence-electron chi connectivity index (χ3n) is 6.72. The summed E-state index contributed by atoms with van der Waals surface area (Å²) in [6.07, 6.45) is 3.25. The quantitative estimate of drug-likeness (QED) is 0.410. The summed E-state index contributed by atoms with van der Waals surface area (Å²) in [5, 5.41) is 14.2. The largest absolute Gasteiger partial charge is 0.494 e. The number of hydrogen-bond acceptors (Lipinski definition) is 7. The molecule has 192 valence electrons. The van der Waals surface area contributed by atoms with E-state index in [0.717, 1.165) is 12.8 Å². The topological polar surface area (TPSA) is 128 Å². The second-order valence-electron chi connectivity index (χ2n) is 9.16. The molecule has 3 aromatic rings. The maximum atomic E-state index is 13.0. The van der Waals surface area contributed by atoms with E-state index in [2.05, 4.69) is 36.1 Å². The summed E-state index contributed by atoms with van der Waals surface area (Å²) >= 11 is 3.45. The normalized spacial score (nSPS) is 19.7. The minimum Gasteiger partial charge on any atom is -0.494 e. The lowest BCUT2D eigenvalue weighted by Gasteiger charge is -2.31. The molecule has 0 aliphatic carbocycles. The number of benzene rings is 1. The van der Waals surface area contributed by atoms with Crippen molar-refractivity contribution >= 4 is 42.8 Å². The number of nitrogens with zero attached hydrogens (tertiary/aromatic N) is 3. The lowest BCUT2D eigenvalue weighted by atomic mass is 10.1. The summed E-state index contributed by atoms with van der Waals surface area (Å²) in [7, 11) is -1.69. The Labute approximate surface area is 217 Å². The number of pyridine rings is 1. The second kappa shape index (κ2) is 10.1. The van der Waals surface area contributed by atoms with Gasteiger partial charge in [-0.25, -0.2) is 8.42 Å². The molecule has 36 heavy (non-hydrogen) atoms. The highest BCUT2D eigenvalue weighted by Gasteiger charge is 2.28. The Kier molecular flexibility index (Phi) is 7.05. The molecule has 2 fully saturated rings. The van der Waals surface area contributed by atoms with E-state index in [1.165, 1.54) is 16.6 Å². The number of fused-ring (bicyclic) bond motifs is 1. The third-order valence-corrected chi connectivity index (χ3v) is 9.26. The van der Waals surface area contributed by atoms with Crippen LogP contribution < -0.4 is 5.32 Å². The number of rotatable bonds is 6. The van der Waals surface area contributed by atoms with E-state index in [1.54, 1.807) is 18.2 Å². The second-order valence-corrected chi connectivity index (χ2v) is 12.0. The zero-order valence-electron chi connectivity index (χ0n) is 19.8. The molecule has 12 heteroatoms. The fourth-order valence-corrected chi connectivity index (χ4v) is 6.49. The van der Waals surface area contributed by atoms with Crippen LogP contribution in [-0.2, 0) is 14.8 Å². The summed E-state index contributed by atoms with van der Waals surface area (Å²) < 4.78 is 33.7. The van der Waals surface area contributed by atoms with Crippen LogP contribution in [0.15, 0.2) is 39.8 Å². The first-order chi connectivity index (χ1) is 17.2. The molecule has 2 aliphatic heterocycles. The average Bonchev–Trinajstić information content (AvgIpc) is 3.49. The molecular weight excluding hydrogens is 550 g/mol. The molecule has 0 bridgehead atoms. The van der Waals surface area contributed by atoms with E-state index in [4.69, 9.17) is 4.74 Å². The fourth-order valence-electron chi connectivity index (χ4n) is 4.60. The third kappa shape index (κ3) is 4.88. The van der Waals surface area contributed by atoms with Gasteiger partial charge in [0.15, 0.2) is 5.88 Å². The molecule has 1 amide bonds. The summed E-state index contributed by atoms with van der Waals surface area (Å²) in [6, 6.07) is 6.49. The number of ether oxygens (including phenoxy) is 1. The van der Waals surface area contributed by atoms with E-state index in [-0.39, 0.29) is 22.8 Å². The number of carbonyl (C=O) groups is 1. The van der Waals surface area contributed by atoms with Crippen LogP contribution in [0.5, 0.6) is 5.88 Å². The van der Waals surface area contributed by atoms with Crippen molar-refractivity contribution in [2.45, 2.75) is 23.8 Å². The number of aromatic amines is 1. The van der Waals surface area contributed by atoms with Crippen LogP contribution >= 0.6 is 15.9 Å². The van der Waals surface area contributed by atoms with Gasteiger partial charge in [-0.2, -0.15) is 4.31 Å². The molecule has 2 aromatic heterocycles. The minimum atomic E-state index is -3.66. The van der Waals surface area contributed by atoms with Crippen LogP contribution in [0, 0.1) is 0 Å². The molecular formula is C24H28BrN5O5S. The molecule has 5 rings (SSSR count). The SMILES string of the molecule is CN1CCN(S(=O)(=O)c2ccc(-c3c(O)[nH]c4cc(Br)c(C(=O)NCC5CCCO5)cc34)nc2)CC1. The molecule has 0 radical (unpaired) electrons. The van der Waals surface area contributed by atoms with Crippen LogP contribution in [0.3, 0.4) is 0 Å². The Hall–Kier alpha value is -2.51. The Bertz CT molecular complexity index is 1380. The first-order valence-electron chi connectivity index (χ1n) is 11.8. The highest BCUT2D eigenvalue weighted by Crippen LogP contribution is 2.38. The number of nitrogens with one attached hydrogen (secondary N) is 2. The number of aromatic nitrogens is 2. The first kappa shape index (κ1) is 25.2. The van der Waals surface area contributed by atoms with Crippen molar-refractivity contribution in [2.24, 2.45) is 0 Å². The predicted octanol–water partition coefficient (Wildman–Crippen LogP) is 2.54. The van der Waals surface area contributed by atoms with Gasteiger partial charge in [-0.15, -0.1) is 0 Å². The van der Waals surface area contributed by atoms with Crippen molar-refractivity contribution < 1.29 is 23.1 Å². The van der Waals surface area contributed by atoms with Gasteiger partial charge in [0, 0.05) is 55.4 Å². The maximum absolute atomic E-state index is 13.0. The van der Waals surface area contributed by atoms with Crippen molar-refractivity contribution in [3.8, 4) is 17.1 Å². The van der Waals surface area contributed by atoms with Crippen LogP contribution in [0.1, 0.15) is 23.2 Å². The zero-order chi connectivity index (χ0) is 25.4. The molecule has 0 saturated carbocycles. The highest BCUT2D eigenvalue weighted by atomic mass is 79.9. The minimum absolute atomic E-state index is 0.0214. The van der Waals surface area contributed by atoms with Crippen LogP contribution in [0.4, 0.5) is 0 Å². The van der Waals surface area contributed by atoms with Crippen LogP contribution in [-0.4, -0.2) is 91.1 Å². The fraction of sp³-hybridized carbons (Fsp3) is 0.417. The first-order valence-corrected chi connectivity index (χ1v) is 14.1. The molecule has 1 unspecified atom stereocenters. The van der Waals surface area contributed by atoms with Gasteiger partial charge in [-0.05, 0) is 60.1 Å². The van der Waals surface area contributed by atoms with Crippen molar-refractivity contribution in [1.82, 2.24) is 24.5 Å². The van der Waals surface area contributed by atoms with Gasteiger partial charge in [0.2, 0.25) is 10.0 Å². The zero-order valence-corrected chi connectivity index (χ0v) is 22.2. The summed E-state index contributed by atoms with van der Waals surface area (Å²) in [5.74, 6) is -0.372. The van der Waals surface area contributed by atoms with Crippen molar-refractivity contribution in [3.05, 3.63) is 40.5 Å². The van der Waals surface area contributed by atoms with E-state index in [9.17, 15) is 18.3 Å². The van der Waals surface area contributed by atoms with E-state index in [1.807, 2.05) is 7.05 Å². The molecule has 10 nitrogen and oxygen atoms in total. The number of halogens is 1. The summed E-state index contributed by atoms with van der Waals surface area (Å²) in [5.41, 5.74) is 1.81. The number of sulfonamides is 1. The standard InChI is InChI=1S/C24H28BrN5O5S/c1-29-6-8-30(9-7-29)36(33,34)16-4-5-20(26-14-16)22-18-11-17(19(25)12-21(18)28-24(22)32)23(31)27-13-15-3-2-10-35-15/h4-5,11-12,14-15,28,32H,2-3,6-10,13H2,1H3,(H,27,31). The van der Waals surface area contributed by atoms with Gasteiger partial charge in [-0.3, -0.25) is 9.78 Å². The monoisotopic (exact) mass is 577 g/mol. The number of carbonyl (C=O) groups excluding carboxylic acids is 1. The van der Waals surface area contributed by atoms with Gasteiger partial charge >= 0.3 is 0 Å². The van der Waals surface area contributed by atoms with E-state index >= 15 is 0 Å². The Morgan fingerprint density at radius 3 is 2.72 bits per heavy atom. The molecule has 4 heterocycles. The molecule has 0 spiro atoms. The maximum Gasteiger partial charge on any atom is 0.252 e. The van der Waals surface area contributed by atoms with Crippen LogP contribution in [0.2, 0.25) is 0 Å². The molecule has 2 saturated heterocycles. The summed E-state index contributed by atoms with van der Waals surface area (Å²) in [6.45, 7) is 3.34. The van der Waals surface area contributed by atoms with Gasteiger partial charge in [0.25, 0.3) is 5.91 Å². The average molecular weight is 578 g/mol. The molecule has 1 atom stereocenters. The summed E-state index contributed by atoms with van der Waals surface area (Å²) in [4.78, 5) is 22.4. The Morgan fingerprint density at radius 1 is 1.28 bits per heavy atom. The lowest BCUT2D eigenvalue weighted by Crippen LogP contribution is -2.47. The van der Waals surface area contributed by atoms with E-state index < -0.39 is 10.0 Å². The number of piperazine rings is 1. The van der Waals surface area contributed by atoms with Crippen LogP contribution in [0.25, 0.3) is 22.2 Å². The van der Waals surface area contributed by atoms with Gasteiger partial charge in [-0.1, -0.05) is 0 Å². The Balaban J connectivity index is 1.42. The number of aromatic hydroxyl groups is 1. The number of amides is 1. The Morgan fingerprint density at radius 2 is 2.06 bits per heavy atom. The van der Waals surface area contributed by atoms with Gasteiger partial charge in [0.05, 0.1) is 28.4 Å². The van der Waals surface area contributed by atoms with Gasteiger partial charge in [0.1, 0.15) is 4.90 Å².